The molecule has 0 bridgehead atoms. The van der Waals surface area contributed by atoms with Gasteiger partial charge in [0.1, 0.15) is 17.5 Å². The molecule has 3 fully saturated rings. The molecule has 0 amide bonds. The molecule has 0 radical (unpaired) electrons. The van der Waals surface area contributed by atoms with Crippen LogP contribution >= 0.6 is 12.2 Å². The van der Waals surface area contributed by atoms with Crippen LogP contribution in [0.25, 0.3) is 0 Å². The molecule has 2 aromatic rings. The van der Waals surface area contributed by atoms with E-state index in [9.17, 15) is 4.39 Å². The lowest BCUT2D eigenvalue weighted by Crippen LogP contribution is -2.43. The molecule has 7 nitrogen and oxygen atoms in total. The number of benzene rings is 1. The van der Waals surface area contributed by atoms with Crippen molar-refractivity contribution in [1.29, 1.82) is 0 Å². The molecule has 9 heteroatoms. The first-order chi connectivity index (χ1) is 17.1. The van der Waals surface area contributed by atoms with Gasteiger partial charge in [0, 0.05) is 44.2 Å². The summed E-state index contributed by atoms with van der Waals surface area (Å²) in [6.45, 7) is 5.78. The summed E-state index contributed by atoms with van der Waals surface area (Å²) in [6.07, 6.45) is 8.09. The van der Waals surface area contributed by atoms with E-state index in [1.54, 1.807) is 12.1 Å². The predicted molar refractivity (Wildman–Crippen MR) is 142 cm³/mol. The lowest BCUT2D eigenvalue weighted by Gasteiger charge is -2.38. The molecular formula is C26H35FN6OS. The topological polar surface area (TPSA) is 65.6 Å². The van der Waals surface area contributed by atoms with E-state index in [1.807, 2.05) is 12.1 Å². The highest BCUT2D eigenvalue weighted by Crippen LogP contribution is 2.39. The van der Waals surface area contributed by atoms with Crippen molar-refractivity contribution in [2.45, 2.75) is 50.4 Å². The minimum Gasteiger partial charge on any atom is -0.378 e. The summed E-state index contributed by atoms with van der Waals surface area (Å²) >= 11 is 5.69. The van der Waals surface area contributed by atoms with Gasteiger partial charge in [0.25, 0.3) is 0 Å². The summed E-state index contributed by atoms with van der Waals surface area (Å²) in [6, 6.07) is 9.07. The quantitative estimate of drug-likeness (QED) is 0.574. The number of morpholine rings is 1. The summed E-state index contributed by atoms with van der Waals surface area (Å²) in [5.41, 5.74) is 1.13. The van der Waals surface area contributed by atoms with Gasteiger partial charge in [-0.3, -0.25) is 0 Å². The highest BCUT2D eigenvalue weighted by atomic mass is 32.1. The Bertz CT molecular complexity index is 1000. The van der Waals surface area contributed by atoms with Crippen molar-refractivity contribution in [3.8, 4) is 0 Å². The number of nitrogens with zero attached hydrogens (tertiary/aromatic N) is 4. The van der Waals surface area contributed by atoms with E-state index in [4.69, 9.17) is 26.9 Å². The number of nitrogens with one attached hydrogen (secondary N) is 2. The second-order valence-corrected chi connectivity index (χ2v) is 10.3. The highest BCUT2D eigenvalue weighted by molar-refractivity contribution is 7.80. The SMILES string of the molecule is Fc1ccc(C2(CNC(=S)Nc3nc(N4CCCC4)cc(N4CCOCC4)n3)CCCCC2)cc1. The minimum atomic E-state index is -0.198. The number of hydrogen-bond donors (Lipinski definition) is 2. The lowest BCUT2D eigenvalue weighted by atomic mass is 9.69. The van der Waals surface area contributed by atoms with Crippen LogP contribution in [0, 0.1) is 5.82 Å². The lowest BCUT2D eigenvalue weighted by molar-refractivity contribution is 0.122. The maximum atomic E-state index is 13.6. The molecule has 0 atom stereocenters. The normalized spacial score (nSPS) is 20.0. The zero-order chi connectivity index (χ0) is 24.1. The van der Waals surface area contributed by atoms with Gasteiger partial charge in [0.2, 0.25) is 5.95 Å². The van der Waals surface area contributed by atoms with Gasteiger partial charge in [0.15, 0.2) is 5.11 Å². The standard InChI is InChI=1S/C26H35FN6OS/c27-21-8-6-20(7-9-21)26(10-2-1-3-11-26)19-28-25(35)31-24-29-22(32-12-4-5-13-32)18-23(30-24)33-14-16-34-17-15-33/h6-9,18H,1-5,10-17,19H2,(H2,28,29,30,31,35). The van der Waals surface area contributed by atoms with Gasteiger partial charge < -0.3 is 25.2 Å². The Morgan fingerprint density at radius 2 is 1.54 bits per heavy atom. The van der Waals surface area contributed by atoms with E-state index in [-0.39, 0.29) is 11.2 Å². The van der Waals surface area contributed by atoms with Crippen LogP contribution in [0.15, 0.2) is 30.3 Å². The second-order valence-electron chi connectivity index (χ2n) is 9.86. The van der Waals surface area contributed by atoms with Crippen molar-refractivity contribution in [3.63, 3.8) is 0 Å². The van der Waals surface area contributed by atoms with E-state index < -0.39 is 0 Å². The molecule has 0 spiro atoms. The molecule has 3 heterocycles. The number of rotatable bonds is 6. The Hall–Kier alpha value is -2.52. The van der Waals surface area contributed by atoms with E-state index >= 15 is 0 Å². The third-order valence-corrected chi connectivity index (χ3v) is 7.79. The smallest absolute Gasteiger partial charge is 0.232 e. The summed E-state index contributed by atoms with van der Waals surface area (Å²) in [4.78, 5) is 14.2. The third kappa shape index (κ3) is 5.83. The first kappa shape index (κ1) is 24.2. The molecule has 2 saturated heterocycles. The van der Waals surface area contributed by atoms with Gasteiger partial charge >= 0.3 is 0 Å². The van der Waals surface area contributed by atoms with Crippen molar-refractivity contribution < 1.29 is 9.13 Å². The van der Waals surface area contributed by atoms with Crippen LogP contribution in [0.1, 0.15) is 50.5 Å². The molecule has 188 valence electrons. The Labute approximate surface area is 212 Å². The molecule has 0 unspecified atom stereocenters. The summed E-state index contributed by atoms with van der Waals surface area (Å²) < 4.78 is 19.1. The van der Waals surface area contributed by atoms with Gasteiger partial charge in [-0.1, -0.05) is 31.4 Å². The average molecular weight is 499 g/mol. The fraction of sp³-hybridized carbons (Fsp3) is 0.577. The monoisotopic (exact) mass is 498 g/mol. The molecule has 1 aromatic carbocycles. The fourth-order valence-electron chi connectivity index (χ4n) is 5.54. The summed E-state index contributed by atoms with van der Waals surface area (Å²) in [5.74, 6) is 2.17. The number of thiocarbonyl (C=S) groups is 1. The van der Waals surface area contributed by atoms with Crippen LogP contribution in [0.5, 0.6) is 0 Å². The first-order valence-electron chi connectivity index (χ1n) is 12.9. The van der Waals surface area contributed by atoms with Crippen LogP contribution in [-0.2, 0) is 10.2 Å². The molecule has 2 N–H and O–H groups in total. The van der Waals surface area contributed by atoms with Gasteiger partial charge in [-0.25, -0.2) is 4.39 Å². The first-order valence-corrected chi connectivity index (χ1v) is 13.3. The van der Waals surface area contributed by atoms with E-state index in [2.05, 4.69) is 26.5 Å². The van der Waals surface area contributed by atoms with E-state index in [1.165, 1.54) is 37.7 Å². The maximum absolute atomic E-state index is 13.6. The molecular weight excluding hydrogens is 463 g/mol. The number of ether oxygens (including phenoxy) is 1. The van der Waals surface area contributed by atoms with Crippen LogP contribution in [-0.4, -0.2) is 61.0 Å². The van der Waals surface area contributed by atoms with Crippen molar-refractivity contribution in [2.75, 3.05) is 61.1 Å². The summed E-state index contributed by atoms with van der Waals surface area (Å²) in [5, 5.41) is 7.22. The minimum absolute atomic E-state index is 0.0467. The van der Waals surface area contributed by atoms with Crippen LogP contribution in [0.4, 0.5) is 22.0 Å². The third-order valence-electron chi connectivity index (χ3n) is 7.54. The zero-order valence-corrected chi connectivity index (χ0v) is 21.1. The molecule has 3 aliphatic rings. The maximum Gasteiger partial charge on any atom is 0.232 e. The average Bonchev–Trinajstić information content (AvgIpc) is 3.44. The van der Waals surface area contributed by atoms with Gasteiger partial charge in [-0.2, -0.15) is 9.97 Å². The Morgan fingerprint density at radius 1 is 0.914 bits per heavy atom. The molecule has 5 rings (SSSR count). The van der Waals surface area contributed by atoms with Crippen LogP contribution in [0.2, 0.25) is 0 Å². The van der Waals surface area contributed by atoms with Crippen molar-refractivity contribution in [3.05, 3.63) is 41.7 Å². The van der Waals surface area contributed by atoms with Gasteiger partial charge in [0.05, 0.1) is 13.2 Å². The Balaban J connectivity index is 1.30. The van der Waals surface area contributed by atoms with Crippen molar-refractivity contribution in [2.24, 2.45) is 0 Å². The van der Waals surface area contributed by atoms with Crippen molar-refractivity contribution in [1.82, 2.24) is 15.3 Å². The van der Waals surface area contributed by atoms with Crippen LogP contribution < -0.4 is 20.4 Å². The largest absolute Gasteiger partial charge is 0.378 e. The number of halogens is 1. The molecule has 1 saturated carbocycles. The second kappa shape index (κ2) is 11.0. The molecule has 1 aromatic heterocycles. The Morgan fingerprint density at radius 3 is 2.20 bits per heavy atom. The van der Waals surface area contributed by atoms with Gasteiger partial charge in [-0.15, -0.1) is 0 Å². The molecule has 35 heavy (non-hydrogen) atoms. The molecule has 1 aliphatic carbocycles. The van der Waals surface area contributed by atoms with Crippen molar-refractivity contribution >= 4 is 34.9 Å². The zero-order valence-electron chi connectivity index (χ0n) is 20.3. The van der Waals surface area contributed by atoms with Crippen LogP contribution in [0.3, 0.4) is 0 Å². The van der Waals surface area contributed by atoms with E-state index in [0.29, 0.717) is 30.8 Å². The molecule has 2 aliphatic heterocycles. The predicted octanol–water partition coefficient (Wildman–Crippen LogP) is 4.24. The number of aromatic nitrogens is 2. The van der Waals surface area contributed by atoms with E-state index in [0.717, 1.165) is 50.7 Å². The highest BCUT2D eigenvalue weighted by Gasteiger charge is 2.34. The number of hydrogen-bond acceptors (Lipinski definition) is 6. The number of anilines is 3. The fourth-order valence-corrected chi connectivity index (χ4v) is 5.70. The van der Waals surface area contributed by atoms with Gasteiger partial charge in [-0.05, 0) is 55.6 Å². The summed E-state index contributed by atoms with van der Waals surface area (Å²) in [7, 11) is 0. The Kier molecular flexibility index (Phi) is 7.63.